The molecule has 0 saturated heterocycles. The van der Waals surface area contributed by atoms with E-state index in [-0.39, 0.29) is 0 Å². The van der Waals surface area contributed by atoms with Gasteiger partial charge in [0.2, 0.25) is 0 Å². The van der Waals surface area contributed by atoms with Crippen molar-refractivity contribution < 1.29 is 14.0 Å². The molecule has 0 bridgehead atoms. The molecule has 0 amide bonds. The molecule has 0 saturated carbocycles. The Kier molecular flexibility index (Phi) is 3.30. The SMILES string of the molecule is COc1ccc([Si](C)(C)OC=O)cc1. The quantitative estimate of drug-likeness (QED) is 0.555. The number of benzene rings is 1. The lowest BCUT2D eigenvalue weighted by molar-refractivity contribution is -0.121. The van der Waals surface area contributed by atoms with Crippen LogP contribution in [0.2, 0.25) is 13.1 Å². The zero-order valence-electron chi connectivity index (χ0n) is 8.61. The molecule has 0 heterocycles. The molecular formula is C10H14O3Si. The van der Waals surface area contributed by atoms with Crippen LogP contribution in [0.25, 0.3) is 0 Å². The van der Waals surface area contributed by atoms with Crippen molar-refractivity contribution in [2.75, 3.05) is 7.11 Å². The zero-order valence-corrected chi connectivity index (χ0v) is 9.61. The molecule has 0 aromatic heterocycles. The van der Waals surface area contributed by atoms with E-state index in [1.54, 1.807) is 7.11 Å². The fraction of sp³-hybridized carbons (Fsp3) is 0.300. The van der Waals surface area contributed by atoms with Crippen LogP contribution in [0.5, 0.6) is 5.75 Å². The first-order chi connectivity index (χ1) is 6.60. The van der Waals surface area contributed by atoms with Gasteiger partial charge in [0, 0.05) is 0 Å². The van der Waals surface area contributed by atoms with Gasteiger partial charge in [-0.25, -0.2) is 0 Å². The molecule has 0 unspecified atom stereocenters. The van der Waals surface area contributed by atoms with E-state index >= 15 is 0 Å². The summed E-state index contributed by atoms with van der Waals surface area (Å²) in [6.07, 6.45) is 0. The summed E-state index contributed by atoms with van der Waals surface area (Å²) in [6, 6.07) is 7.62. The van der Waals surface area contributed by atoms with Crippen LogP contribution in [-0.4, -0.2) is 21.9 Å². The first-order valence-corrected chi connectivity index (χ1v) is 7.27. The minimum atomic E-state index is -2.04. The lowest BCUT2D eigenvalue weighted by Crippen LogP contribution is -2.44. The van der Waals surface area contributed by atoms with E-state index in [1.165, 1.54) is 0 Å². The third-order valence-corrected chi connectivity index (χ3v) is 4.54. The Bertz CT molecular complexity index is 306. The van der Waals surface area contributed by atoms with E-state index in [9.17, 15) is 4.79 Å². The molecule has 14 heavy (non-hydrogen) atoms. The number of carbonyl (C=O) groups is 1. The predicted octanol–water partition coefficient (Wildman–Crippen LogP) is 1.28. The van der Waals surface area contributed by atoms with Gasteiger partial charge in [-0.2, -0.15) is 0 Å². The summed E-state index contributed by atoms with van der Waals surface area (Å²) in [5, 5.41) is 1.07. The molecule has 0 atom stereocenters. The summed E-state index contributed by atoms with van der Waals surface area (Å²) in [5.41, 5.74) is 0. The van der Waals surface area contributed by atoms with E-state index in [1.807, 2.05) is 37.4 Å². The monoisotopic (exact) mass is 210 g/mol. The highest BCUT2D eigenvalue weighted by Crippen LogP contribution is 2.10. The van der Waals surface area contributed by atoms with Crippen LogP contribution in [0.3, 0.4) is 0 Å². The lowest BCUT2D eigenvalue weighted by Gasteiger charge is -2.19. The van der Waals surface area contributed by atoms with Crippen molar-refractivity contribution in [3.05, 3.63) is 24.3 Å². The molecule has 4 heteroatoms. The van der Waals surface area contributed by atoms with Crippen LogP contribution in [0.1, 0.15) is 0 Å². The summed E-state index contributed by atoms with van der Waals surface area (Å²) in [6.45, 7) is 4.48. The number of rotatable bonds is 4. The van der Waals surface area contributed by atoms with Gasteiger partial charge >= 0.3 is 0 Å². The standard InChI is InChI=1S/C10H14O3Si/c1-12-9-4-6-10(7-5-9)14(2,3)13-8-11/h4-8H,1-3H3. The minimum absolute atomic E-state index is 0.524. The number of carbonyl (C=O) groups excluding carboxylic acids is 1. The fourth-order valence-electron chi connectivity index (χ4n) is 1.18. The Hall–Kier alpha value is -1.29. The van der Waals surface area contributed by atoms with Crippen molar-refractivity contribution in [2.24, 2.45) is 0 Å². The Labute approximate surface area is 84.8 Å². The van der Waals surface area contributed by atoms with Gasteiger partial charge < -0.3 is 9.16 Å². The van der Waals surface area contributed by atoms with Crippen molar-refractivity contribution in [1.82, 2.24) is 0 Å². The summed E-state index contributed by atoms with van der Waals surface area (Å²) >= 11 is 0. The van der Waals surface area contributed by atoms with Crippen LogP contribution >= 0.6 is 0 Å². The molecule has 0 aliphatic heterocycles. The third-order valence-electron chi connectivity index (χ3n) is 2.13. The summed E-state index contributed by atoms with van der Waals surface area (Å²) < 4.78 is 10.2. The molecule has 1 rings (SSSR count). The van der Waals surface area contributed by atoms with Gasteiger partial charge in [-0.05, 0) is 30.4 Å². The smallest absolute Gasteiger partial charge is 0.280 e. The van der Waals surface area contributed by atoms with E-state index in [2.05, 4.69) is 0 Å². The molecule has 3 nitrogen and oxygen atoms in total. The maximum atomic E-state index is 10.3. The molecule has 0 spiro atoms. The van der Waals surface area contributed by atoms with Crippen LogP contribution in [0.4, 0.5) is 0 Å². The van der Waals surface area contributed by atoms with Gasteiger partial charge in [0.15, 0.2) is 0 Å². The topological polar surface area (TPSA) is 35.5 Å². The molecule has 1 aromatic carbocycles. The van der Waals surface area contributed by atoms with Gasteiger partial charge in [-0.1, -0.05) is 12.1 Å². The van der Waals surface area contributed by atoms with Gasteiger partial charge in [0.1, 0.15) is 5.75 Å². The number of hydrogen-bond acceptors (Lipinski definition) is 3. The molecule has 0 N–H and O–H groups in total. The van der Waals surface area contributed by atoms with Crippen LogP contribution < -0.4 is 9.92 Å². The highest BCUT2D eigenvalue weighted by atomic mass is 28.4. The van der Waals surface area contributed by atoms with Crippen LogP contribution in [-0.2, 0) is 9.22 Å². The first-order valence-electron chi connectivity index (χ1n) is 4.36. The minimum Gasteiger partial charge on any atom is -0.517 e. The molecule has 0 fully saturated rings. The van der Waals surface area contributed by atoms with Gasteiger partial charge in [-0.15, -0.1) is 0 Å². The molecular weight excluding hydrogens is 196 g/mol. The third kappa shape index (κ3) is 2.35. The second kappa shape index (κ2) is 4.28. The molecule has 0 aliphatic carbocycles. The van der Waals surface area contributed by atoms with Crippen molar-refractivity contribution in [3.8, 4) is 5.75 Å². The fourth-order valence-corrected chi connectivity index (χ4v) is 2.53. The maximum Gasteiger partial charge on any atom is 0.280 e. The summed E-state index contributed by atoms with van der Waals surface area (Å²) in [4.78, 5) is 10.3. The zero-order chi connectivity index (χ0) is 10.6. The second-order valence-corrected chi connectivity index (χ2v) is 7.29. The lowest BCUT2D eigenvalue weighted by atomic mass is 10.3. The van der Waals surface area contributed by atoms with E-state index in [0.29, 0.717) is 6.47 Å². The van der Waals surface area contributed by atoms with Gasteiger partial charge in [-0.3, -0.25) is 4.79 Å². The Balaban J connectivity index is 2.90. The largest absolute Gasteiger partial charge is 0.517 e. The van der Waals surface area contributed by atoms with Crippen molar-refractivity contribution in [3.63, 3.8) is 0 Å². The van der Waals surface area contributed by atoms with Gasteiger partial charge in [0.25, 0.3) is 14.8 Å². The molecule has 0 aliphatic rings. The average Bonchev–Trinajstić information content (AvgIpc) is 2.18. The highest BCUT2D eigenvalue weighted by Gasteiger charge is 2.26. The van der Waals surface area contributed by atoms with Gasteiger partial charge in [0.05, 0.1) is 7.11 Å². The normalized spacial score (nSPS) is 10.8. The van der Waals surface area contributed by atoms with E-state index < -0.39 is 8.32 Å². The predicted molar refractivity (Wildman–Crippen MR) is 57.3 cm³/mol. The Morgan fingerprint density at radius 2 is 1.79 bits per heavy atom. The van der Waals surface area contributed by atoms with E-state index in [0.717, 1.165) is 10.9 Å². The van der Waals surface area contributed by atoms with E-state index in [4.69, 9.17) is 9.16 Å². The summed E-state index contributed by atoms with van der Waals surface area (Å²) in [7, 11) is -0.414. The molecule has 1 aromatic rings. The molecule has 76 valence electrons. The second-order valence-electron chi connectivity index (χ2n) is 3.45. The Morgan fingerprint density at radius 3 is 2.21 bits per heavy atom. The van der Waals surface area contributed by atoms with Crippen molar-refractivity contribution in [1.29, 1.82) is 0 Å². The number of hydrogen-bond donors (Lipinski definition) is 0. The maximum absolute atomic E-state index is 10.3. The number of ether oxygens (including phenoxy) is 1. The average molecular weight is 210 g/mol. The van der Waals surface area contributed by atoms with Crippen molar-refractivity contribution >= 4 is 20.0 Å². The van der Waals surface area contributed by atoms with Crippen LogP contribution in [0, 0.1) is 0 Å². The highest BCUT2D eigenvalue weighted by molar-refractivity contribution is 6.85. The number of methoxy groups -OCH3 is 1. The Morgan fingerprint density at radius 1 is 1.21 bits per heavy atom. The first kappa shape index (κ1) is 10.8. The van der Waals surface area contributed by atoms with Crippen LogP contribution in [0.15, 0.2) is 24.3 Å². The van der Waals surface area contributed by atoms with Crippen molar-refractivity contribution in [2.45, 2.75) is 13.1 Å². The summed E-state index contributed by atoms with van der Waals surface area (Å²) in [5.74, 6) is 0.810. The molecule has 0 radical (unpaired) electrons.